The van der Waals surface area contributed by atoms with E-state index < -0.39 is 0 Å². The highest BCUT2D eigenvalue weighted by atomic mass is 127. The fraction of sp³-hybridized carbons (Fsp3) is 0.320. The second-order valence-corrected chi connectivity index (χ2v) is 7.79. The Morgan fingerprint density at radius 3 is 2.58 bits per heavy atom. The number of halogens is 1. The highest BCUT2D eigenvalue weighted by Crippen LogP contribution is 2.15. The fourth-order valence-corrected chi connectivity index (χ4v) is 3.93. The largest absolute Gasteiger partial charge is 0.356 e. The Hall–Kier alpha value is -2.88. The Kier molecular flexibility index (Phi) is 9.29. The number of aromatic nitrogens is 4. The molecule has 0 spiro atoms. The molecule has 0 aliphatic heterocycles. The minimum Gasteiger partial charge on any atom is -0.356 e. The Morgan fingerprint density at radius 2 is 1.76 bits per heavy atom. The molecule has 2 aromatic carbocycles. The van der Waals surface area contributed by atoms with Crippen molar-refractivity contribution in [2.75, 3.05) is 20.1 Å². The molecule has 2 N–H and O–H groups in total. The number of guanidine groups is 1. The van der Waals surface area contributed by atoms with Crippen molar-refractivity contribution in [1.82, 2.24) is 29.7 Å². The lowest BCUT2D eigenvalue weighted by molar-refractivity contribution is 0.622. The van der Waals surface area contributed by atoms with Crippen LogP contribution >= 0.6 is 24.0 Å². The lowest BCUT2D eigenvalue weighted by atomic mass is 10.2. The maximum Gasteiger partial charge on any atom is 0.190 e. The van der Waals surface area contributed by atoms with Crippen molar-refractivity contribution in [3.05, 3.63) is 84.2 Å². The summed E-state index contributed by atoms with van der Waals surface area (Å²) in [4.78, 5) is 13.5. The van der Waals surface area contributed by atoms with Gasteiger partial charge in [-0.05, 0) is 31.0 Å². The summed E-state index contributed by atoms with van der Waals surface area (Å²) < 4.78 is 4.48. The standard InChI is InChI=1S/C25H31N7.HI/c1-20-30-22-11-6-7-12-23(22)32(20)17-8-14-28-25(26-2)29-15-13-24-27-16-18-31(24)19-21-9-4-3-5-10-21;/h3-7,9-12,16,18H,8,13-15,17,19H2,1-2H3,(H2,26,28,29);1H. The predicted octanol–water partition coefficient (Wildman–Crippen LogP) is 4.01. The molecule has 0 amide bonds. The molecule has 0 saturated carbocycles. The zero-order valence-corrected chi connectivity index (χ0v) is 21.6. The minimum absolute atomic E-state index is 0. The predicted molar refractivity (Wildman–Crippen MR) is 145 cm³/mol. The van der Waals surface area contributed by atoms with Gasteiger partial charge >= 0.3 is 0 Å². The van der Waals surface area contributed by atoms with E-state index >= 15 is 0 Å². The van der Waals surface area contributed by atoms with Crippen molar-refractivity contribution in [3.63, 3.8) is 0 Å². The van der Waals surface area contributed by atoms with Gasteiger partial charge in [-0.15, -0.1) is 24.0 Å². The Bertz CT molecular complexity index is 1160. The number of nitrogens with one attached hydrogen (secondary N) is 2. The second kappa shape index (κ2) is 12.4. The van der Waals surface area contributed by atoms with Crippen LogP contribution < -0.4 is 10.6 Å². The average Bonchev–Trinajstić information content (AvgIpc) is 3.39. The van der Waals surface area contributed by atoms with E-state index in [1.165, 1.54) is 11.1 Å². The van der Waals surface area contributed by atoms with Crippen LogP contribution in [0.25, 0.3) is 11.0 Å². The third-order valence-corrected chi connectivity index (χ3v) is 5.56. The molecule has 0 aliphatic carbocycles. The van der Waals surface area contributed by atoms with Gasteiger partial charge < -0.3 is 19.8 Å². The van der Waals surface area contributed by atoms with Gasteiger partial charge in [0.1, 0.15) is 11.6 Å². The quantitative estimate of drug-likeness (QED) is 0.141. The summed E-state index contributed by atoms with van der Waals surface area (Å²) >= 11 is 0. The molecule has 0 fully saturated rings. The van der Waals surface area contributed by atoms with Crippen molar-refractivity contribution in [2.45, 2.75) is 32.9 Å². The van der Waals surface area contributed by atoms with E-state index in [0.717, 1.165) is 62.1 Å². The van der Waals surface area contributed by atoms with E-state index in [-0.39, 0.29) is 24.0 Å². The SMILES string of the molecule is CN=C(NCCCn1c(C)nc2ccccc21)NCCc1nccn1Cc1ccccc1.I. The normalized spacial score (nSPS) is 11.4. The summed E-state index contributed by atoms with van der Waals surface area (Å²) in [6.07, 6.45) is 5.73. The van der Waals surface area contributed by atoms with Crippen molar-refractivity contribution >= 4 is 41.0 Å². The number of fused-ring (bicyclic) bond motifs is 1. The highest BCUT2D eigenvalue weighted by molar-refractivity contribution is 14.0. The number of aliphatic imine (C=N–C) groups is 1. The van der Waals surface area contributed by atoms with Crippen LogP contribution in [0.5, 0.6) is 0 Å². The van der Waals surface area contributed by atoms with E-state index in [2.05, 4.69) is 84.1 Å². The number of nitrogens with zero attached hydrogens (tertiary/aromatic N) is 5. The third-order valence-electron chi connectivity index (χ3n) is 5.56. The van der Waals surface area contributed by atoms with Gasteiger partial charge in [0.25, 0.3) is 0 Å². The molecule has 174 valence electrons. The lowest BCUT2D eigenvalue weighted by Gasteiger charge is -2.13. The zero-order chi connectivity index (χ0) is 22.2. The monoisotopic (exact) mass is 557 g/mol. The number of hydrogen-bond acceptors (Lipinski definition) is 3. The van der Waals surface area contributed by atoms with Crippen molar-refractivity contribution < 1.29 is 0 Å². The lowest BCUT2D eigenvalue weighted by Crippen LogP contribution is -2.39. The molecule has 0 aliphatic rings. The molecule has 2 heterocycles. The molecule has 0 radical (unpaired) electrons. The van der Waals surface area contributed by atoms with E-state index in [1.54, 1.807) is 7.05 Å². The van der Waals surface area contributed by atoms with Gasteiger partial charge in [0, 0.05) is 52.0 Å². The summed E-state index contributed by atoms with van der Waals surface area (Å²) in [6.45, 7) is 5.44. The molecule has 2 aromatic heterocycles. The van der Waals surface area contributed by atoms with Gasteiger partial charge in [0.05, 0.1) is 11.0 Å². The summed E-state index contributed by atoms with van der Waals surface area (Å²) in [7, 11) is 1.80. The number of rotatable bonds is 9. The van der Waals surface area contributed by atoms with Gasteiger partial charge in [-0.25, -0.2) is 9.97 Å². The number of aryl methyl sites for hydroxylation is 2. The summed E-state index contributed by atoms with van der Waals surface area (Å²) in [6, 6.07) is 18.8. The van der Waals surface area contributed by atoms with E-state index in [1.807, 2.05) is 24.5 Å². The molecule has 4 aromatic rings. The minimum atomic E-state index is 0. The first-order valence-electron chi connectivity index (χ1n) is 11.1. The molecule has 33 heavy (non-hydrogen) atoms. The Labute approximate surface area is 212 Å². The Balaban J connectivity index is 0.00000306. The number of para-hydroxylation sites is 2. The zero-order valence-electron chi connectivity index (χ0n) is 19.2. The molecular weight excluding hydrogens is 525 g/mol. The smallest absolute Gasteiger partial charge is 0.190 e. The van der Waals surface area contributed by atoms with Crippen LogP contribution in [0.2, 0.25) is 0 Å². The summed E-state index contributed by atoms with van der Waals surface area (Å²) in [5.41, 5.74) is 3.53. The van der Waals surface area contributed by atoms with Crippen LogP contribution in [-0.4, -0.2) is 45.2 Å². The molecule has 7 nitrogen and oxygen atoms in total. The van der Waals surface area contributed by atoms with Crippen LogP contribution in [0.4, 0.5) is 0 Å². The Morgan fingerprint density at radius 1 is 1.00 bits per heavy atom. The van der Waals surface area contributed by atoms with Crippen LogP contribution in [0.3, 0.4) is 0 Å². The van der Waals surface area contributed by atoms with E-state index in [0.29, 0.717) is 0 Å². The first-order valence-corrected chi connectivity index (χ1v) is 11.1. The maximum atomic E-state index is 4.64. The van der Waals surface area contributed by atoms with Crippen molar-refractivity contribution in [1.29, 1.82) is 0 Å². The molecule has 0 unspecified atom stereocenters. The maximum absolute atomic E-state index is 4.64. The number of benzene rings is 2. The molecule has 4 rings (SSSR count). The summed E-state index contributed by atoms with van der Waals surface area (Å²) in [5, 5.41) is 6.81. The topological polar surface area (TPSA) is 72.1 Å². The molecule has 0 bridgehead atoms. The van der Waals surface area contributed by atoms with Gasteiger partial charge in [0.15, 0.2) is 5.96 Å². The first kappa shape index (κ1) is 24.8. The van der Waals surface area contributed by atoms with Crippen LogP contribution in [-0.2, 0) is 19.5 Å². The van der Waals surface area contributed by atoms with Gasteiger partial charge in [-0.1, -0.05) is 42.5 Å². The van der Waals surface area contributed by atoms with Crippen molar-refractivity contribution in [2.24, 2.45) is 4.99 Å². The van der Waals surface area contributed by atoms with Gasteiger partial charge in [0.2, 0.25) is 0 Å². The number of hydrogen-bond donors (Lipinski definition) is 2. The van der Waals surface area contributed by atoms with Crippen LogP contribution in [0, 0.1) is 6.92 Å². The highest BCUT2D eigenvalue weighted by Gasteiger charge is 2.07. The van der Waals surface area contributed by atoms with Crippen LogP contribution in [0.1, 0.15) is 23.6 Å². The van der Waals surface area contributed by atoms with E-state index in [4.69, 9.17) is 0 Å². The summed E-state index contributed by atoms with van der Waals surface area (Å²) in [5.74, 6) is 2.94. The molecule has 8 heteroatoms. The van der Waals surface area contributed by atoms with Crippen LogP contribution in [0.15, 0.2) is 72.0 Å². The van der Waals surface area contributed by atoms with Gasteiger partial charge in [-0.2, -0.15) is 0 Å². The van der Waals surface area contributed by atoms with E-state index in [9.17, 15) is 0 Å². The fourth-order valence-electron chi connectivity index (χ4n) is 3.93. The molecule has 0 atom stereocenters. The second-order valence-electron chi connectivity index (χ2n) is 7.79. The number of imidazole rings is 2. The molecule has 0 saturated heterocycles. The van der Waals surface area contributed by atoms with Crippen molar-refractivity contribution in [3.8, 4) is 0 Å². The average molecular weight is 557 g/mol. The molecular formula is C25H32IN7. The third kappa shape index (κ3) is 6.56. The van der Waals surface area contributed by atoms with Gasteiger partial charge in [-0.3, -0.25) is 4.99 Å². The first-order chi connectivity index (χ1) is 15.7.